The second-order valence-corrected chi connectivity index (χ2v) is 6.38. The van der Waals surface area contributed by atoms with E-state index in [1.165, 1.54) is 16.3 Å². The maximum atomic E-state index is 12.0. The third-order valence-electron chi connectivity index (χ3n) is 4.27. The summed E-state index contributed by atoms with van der Waals surface area (Å²) in [5.74, 6) is 1.19. The second kappa shape index (κ2) is 6.68. The summed E-state index contributed by atoms with van der Waals surface area (Å²) in [4.78, 5) is 18.8. The highest BCUT2D eigenvalue weighted by Crippen LogP contribution is 2.27. The molecule has 3 heterocycles. The topological polar surface area (TPSA) is 63.1 Å². The Morgan fingerprint density at radius 3 is 2.65 bits per heavy atom. The van der Waals surface area contributed by atoms with Crippen molar-refractivity contribution in [3.63, 3.8) is 0 Å². The quantitative estimate of drug-likeness (QED) is 0.934. The van der Waals surface area contributed by atoms with Gasteiger partial charge in [0.25, 0.3) is 5.56 Å². The second-order valence-electron chi connectivity index (χ2n) is 5.99. The molecular formula is C16H20ClN5O. The third kappa shape index (κ3) is 3.71. The molecule has 0 radical (unpaired) electrons. The van der Waals surface area contributed by atoms with E-state index in [0.29, 0.717) is 17.4 Å². The number of hydrogen-bond donors (Lipinski definition) is 1. The van der Waals surface area contributed by atoms with Crippen LogP contribution < -0.4 is 10.9 Å². The van der Waals surface area contributed by atoms with Crippen molar-refractivity contribution in [3.05, 3.63) is 45.5 Å². The summed E-state index contributed by atoms with van der Waals surface area (Å²) in [6.07, 6.45) is 4.21. The highest BCUT2D eigenvalue weighted by atomic mass is 35.5. The molecule has 1 fully saturated rings. The zero-order chi connectivity index (χ0) is 16.4. The van der Waals surface area contributed by atoms with Crippen LogP contribution in [0.5, 0.6) is 0 Å². The minimum atomic E-state index is -0.240. The molecule has 7 heteroatoms. The van der Waals surface area contributed by atoms with Crippen molar-refractivity contribution in [1.29, 1.82) is 0 Å². The number of anilines is 2. The Labute approximate surface area is 140 Å². The minimum Gasteiger partial charge on any atom is -0.336 e. The number of halogens is 1. The van der Waals surface area contributed by atoms with E-state index in [4.69, 9.17) is 11.6 Å². The average molecular weight is 334 g/mol. The third-order valence-corrected chi connectivity index (χ3v) is 4.46. The molecular weight excluding hydrogens is 314 g/mol. The van der Waals surface area contributed by atoms with Gasteiger partial charge in [0.2, 0.25) is 0 Å². The van der Waals surface area contributed by atoms with Crippen LogP contribution in [0, 0.1) is 0 Å². The number of aromatic nitrogens is 3. The highest BCUT2D eigenvalue weighted by molar-refractivity contribution is 6.29. The molecule has 0 aliphatic carbocycles. The van der Waals surface area contributed by atoms with E-state index in [2.05, 4.69) is 33.4 Å². The number of nitrogens with zero attached hydrogens (tertiary/aromatic N) is 4. The van der Waals surface area contributed by atoms with Gasteiger partial charge in [-0.15, -0.1) is 0 Å². The van der Waals surface area contributed by atoms with Gasteiger partial charge in [-0.05, 0) is 50.5 Å². The van der Waals surface area contributed by atoms with Crippen LogP contribution in [0.15, 0.2) is 29.2 Å². The van der Waals surface area contributed by atoms with Crippen molar-refractivity contribution < 1.29 is 0 Å². The molecule has 1 aliphatic rings. The van der Waals surface area contributed by atoms with Gasteiger partial charge < -0.3 is 10.2 Å². The van der Waals surface area contributed by atoms with Crippen molar-refractivity contribution >= 4 is 23.1 Å². The molecule has 23 heavy (non-hydrogen) atoms. The molecule has 0 unspecified atom stereocenters. The number of piperidine rings is 1. The standard InChI is InChI=1S/C16H20ClN5O/c1-21-7-5-11(6-8-21)12-3-4-15(18-10-12)19-13-9-14(17)20-22(2)16(13)23/h3-4,9-11H,5-8H2,1-2H3,(H,18,19). The van der Waals surface area contributed by atoms with Gasteiger partial charge in [-0.25, -0.2) is 9.67 Å². The first-order valence-corrected chi connectivity index (χ1v) is 8.06. The Hall–Kier alpha value is -1.92. The Bertz CT molecular complexity index is 735. The molecule has 0 amide bonds. The smallest absolute Gasteiger partial charge is 0.290 e. The van der Waals surface area contributed by atoms with Crippen LogP contribution in [0.2, 0.25) is 5.15 Å². The van der Waals surface area contributed by atoms with E-state index < -0.39 is 0 Å². The molecule has 122 valence electrons. The SMILES string of the molecule is CN1CCC(c2ccc(Nc3cc(Cl)nn(C)c3=O)nc2)CC1. The molecule has 1 N–H and O–H groups in total. The largest absolute Gasteiger partial charge is 0.336 e. The monoisotopic (exact) mass is 333 g/mol. The molecule has 0 spiro atoms. The number of nitrogens with one attached hydrogen (secondary N) is 1. The van der Waals surface area contributed by atoms with Gasteiger partial charge in [-0.2, -0.15) is 5.10 Å². The van der Waals surface area contributed by atoms with Gasteiger partial charge in [0.1, 0.15) is 11.5 Å². The van der Waals surface area contributed by atoms with Gasteiger partial charge in [0, 0.05) is 19.3 Å². The van der Waals surface area contributed by atoms with Crippen molar-refractivity contribution in [2.45, 2.75) is 18.8 Å². The first-order chi connectivity index (χ1) is 11.0. The summed E-state index contributed by atoms with van der Waals surface area (Å²) >= 11 is 5.89. The number of likely N-dealkylation sites (tertiary alicyclic amines) is 1. The lowest BCUT2D eigenvalue weighted by Crippen LogP contribution is -2.29. The minimum absolute atomic E-state index is 0.240. The predicted octanol–water partition coefficient (Wildman–Crippen LogP) is 2.38. The van der Waals surface area contributed by atoms with Gasteiger partial charge in [0.15, 0.2) is 5.15 Å². The molecule has 0 bridgehead atoms. The van der Waals surface area contributed by atoms with Gasteiger partial charge in [0.05, 0.1) is 0 Å². The Morgan fingerprint density at radius 2 is 2.00 bits per heavy atom. The molecule has 2 aromatic heterocycles. The maximum Gasteiger partial charge on any atom is 0.290 e. The number of pyridine rings is 1. The fraction of sp³-hybridized carbons (Fsp3) is 0.438. The van der Waals surface area contributed by atoms with Crippen LogP contribution in [0.1, 0.15) is 24.3 Å². The number of rotatable bonds is 3. The normalized spacial score (nSPS) is 16.5. The molecule has 0 saturated carbocycles. The van der Waals surface area contributed by atoms with Gasteiger partial charge >= 0.3 is 0 Å². The fourth-order valence-electron chi connectivity index (χ4n) is 2.86. The molecule has 2 aromatic rings. The lowest BCUT2D eigenvalue weighted by Gasteiger charge is -2.29. The zero-order valence-corrected chi connectivity index (χ0v) is 14.0. The maximum absolute atomic E-state index is 12.0. The van der Waals surface area contributed by atoms with E-state index in [1.54, 1.807) is 7.05 Å². The van der Waals surface area contributed by atoms with E-state index in [-0.39, 0.29) is 10.7 Å². The summed E-state index contributed by atoms with van der Waals surface area (Å²) in [7, 11) is 3.72. The van der Waals surface area contributed by atoms with Crippen molar-refractivity contribution in [2.75, 3.05) is 25.5 Å². The molecule has 1 aliphatic heterocycles. The van der Waals surface area contributed by atoms with Crippen LogP contribution in [-0.2, 0) is 7.05 Å². The Balaban J connectivity index is 1.74. The summed E-state index contributed by atoms with van der Waals surface area (Å²) in [6, 6.07) is 5.50. The van der Waals surface area contributed by atoms with E-state index in [9.17, 15) is 4.79 Å². The molecule has 0 aromatic carbocycles. The molecule has 6 nitrogen and oxygen atoms in total. The summed E-state index contributed by atoms with van der Waals surface area (Å²) in [6.45, 7) is 2.24. The number of hydrogen-bond acceptors (Lipinski definition) is 5. The summed E-state index contributed by atoms with van der Waals surface area (Å²) in [5, 5.41) is 7.14. The first-order valence-electron chi connectivity index (χ1n) is 7.68. The summed E-state index contributed by atoms with van der Waals surface area (Å²) in [5.41, 5.74) is 1.38. The van der Waals surface area contributed by atoms with Crippen LogP contribution >= 0.6 is 11.6 Å². The molecule has 0 atom stereocenters. The Morgan fingerprint density at radius 1 is 1.26 bits per heavy atom. The van der Waals surface area contributed by atoms with E-state index in [0.717, 1.165) is 25.9 Å². The molecule has 3 rings (SSSR count). The zero-order valence-electron chi connectivity index (χ0n) is 13.3. The van der Waals surface area contributed by atoms with Crippen LogP contribution in [0.25, 0.3) is 0 Å². The fourth-order valence-corrected chi connectivity index (χ4v) is 3.09. The van der Waals surface area contributed by atoms with Crippen LogP contribution in [0.4, 0.5) is 11.5 Å². The van der Waals surface area contributed by atoms with Gasteiger partial charge in [-0.1, -0.05) is 17.7 Å². The lowest BCUT2D eigenvalue weighted by atomic mass is 9.91. The van der Waals surface area contributed by atoms with Crippen LogP contribution in [-0.4, -0.2) is 39.8 Å². The van der Waals surface area contributed by atoms with Crippen molar-refractivity contribution in [1.82, 2.24) is 19.7 Å². The van der Waals surface area contributed by atoms with Crippen LogP contribution in [0.3, 0.4) is 0 Å². The van der Waals surface area contributed by atoms with E-state index >= 15 is 0 Å². The Kier molecular flexibility index (Phi) is 4.63. The van der Waals surface area contributed by atoms with Gasteiger partial charge in [-0.3, -0.25) is 4.79 Å². The van der Waals surface area contributed by atoms with Crippen molar-refractivity contribution in [3.8, 4) is 0 Å². The number of aryl methyl sites for hydroxylation is 1. The summed E-state index contributed by atoms with van der Waals surface area (Å²) < 4.78 is 1.21. The first kappa shape index (κ1) is 16.0. The lowest BCUT2D eigenvalue weighted by molar-refractivity contribution is 0.255. The average Bonchev–Trinajstić information content (AvgIpc) is 2.54. The van der Waals surface area contributed by atoms with E-state index in [1.807, 2.05) is 12.3 Å². The molecule has 1 saturated heterocycles. The van der Waals surface area contributed by atoms with Crippen molar-refractivity contribution in [2.24, 2.45) is 7.05 Å². The predicted molar refractivity (Wildman–Crippen MR) is 91.5 cm³/mol. The highest BCUT2D eigenvalue weighted by Gasteiger charge is 2.18.